The van der Waals surface area contributed by atoms with Crippen molar-refractivity contribution in [1.29, 1.82) is 0 Å². The van der Waals surface area contributed by atoms with Crippen molar-refractivity contribution in [2.24, 2.45) is 11.0 Å². The second kappa shape index (κ2) is 6.08. The number of hydrogen-bond donors (Lipinski definition) is 2. The van der Waals surface area contributed by atoms with Gasteiger partial charge in [0.05, 0.1) is 12.0 Å². The molecule has 3 rings (SSSR count). The Morgan fingerprint density at radius 1 is 1.39 bits per heavy atom. The summed E-state index contributed by atoms with van der Waals surface area (Å²) in [6.07, 6.45) is 1.88. The van der Waals surface area contributed by atoms with E-state index in [1.807, 2.05) is 32.0 Å². The zero-order valence-corrected chi connectivity index (χ0v) is 12.9. The van der Waals surface area contributed by atoms with Crippen molar-refractivity contribution in [1.82, 2.24) is 5.43 Å². The molecule has 2 amide bonds. The van der Waals surface area contributed by atoms with Crippen LogP contribution < -0.4 is 10.7 Å². The predicted molar refractivity (Wildman–Crippen MR) is 86.3 cm³/mol. The maximum atomic E-state index is 12.0. The van der Waals surface area contributed by atoms with Crippen molar-refractivity contribution in [3.05, 3.63) is 53.5 Å². The third-order valence-electron chi connectivity index (χ3n) is 3.76. The Hall–Kier alpha value is -2.89. The summed E-state index contributed by atoms with van der Waals surface area (Å²) in [5, 5.41) is 6.96. The number of carbonyl (C=O) groups is 2. The third kappa shape index (κ3) is 3.15. The van der Waals surface area contributed by atoms with Gasteiger partial charge in [-0.1, -0.05) is 13.0 Å². The van der Waals surface area contributed by atoms with Gasteiger partial charge >= 0.3 is 0 Å². The monoisotopic (exact) mass is 311 g/mol. The molecule has 2 heterocycles. The fourth-order valence-corrected chi connectivity index (χ4v) is 2.61. The van der Waals surface area contributed by atoms with E-state index in [0.29, 0.717) is 12.1 Å². The highest BCUT2D eigenvalue weighted by molar-refractivity contribution is 6.07. The minimum atomic E-state index is -0.294. The Morgan fingerprint density at radius 3 is 2.87 bits per heavy atom. The van der Waals surface area contributed by atoms with Crippen molar-refractivity contribution >= 4 is 23.2 Å². The van der Waals surface area contributed by atoms with E-state index in [1.165, 1.54) is 6.26 Å². The molecule has 0 saturated heterocycles. The first-order valence-electron chi connectivity index (χ1n) is 7.37. The SMILES string of the molecule is Cc1cc(NC(=O)c2ccco2)ccc1C1=NNC(=O)CC1C. The molecule has 1 aromatic carbocycles. The van der Waals surface area contributed by atoms with Gasteiger partial charge in [0.2, 0.25) is 5.91 Å². The lowest BCUT2D eigenvalue weighted by Crippen LogP contribution is -2.32. The van der Waals surface area contributed by atoms with Gasteiger partial charge in [0.1, 0.15) is 0 Å². The lowest BCUT2D eigenvalue weighted by atomic mass is 9.91. The molecule has 23 heavy (non-hydrogen) atoms. The Kier molecular flexibility index (Phi) is 3.97. The number of hydrazone groups is 1. The number of nitrogens with one attached hydrogen (secondary N) is 2. The Labute approximate surface area is 133 Å². The van der Waals surface area contributed by atoms with Crippen LogP contribution in [0.3, 0.4) is 0 Å². The molecule has 0 bridgehead atoms. The fraction of sp³-hybridized carbons (Fsp3) is 0.235. The summed E-state index contributed by atoms with van der Waals surface area (Å²) >= 11 is 0. The van der Waals surface area contributed by atoms with Crippen LogP contribution in [0, 0.1) is 12.8 Å². The lowest BCUT2D eigenvalue weighted by molar-refractivity contribution is -0.121. The summed E-state index contributed by atoms with van der Waals surface area (Å²) in [5.41, 5.74) is 6.00. The summed E-state index contributed by atoms with van der Waals surface area (Å²) in [7, 11) is 0. The number of carbonyl (C=O) groups excluding carboxylic acids is 2. The average molecular weight is 311 g/mol. The highest BCUT2D eigenvalue weighted by atomic mass is 16.3. The molecule has 1 aliphatic rings. The molecule has 6 heteroatoms. The van der Waals surface area contributed by atoms with Gasteiger partial charge < -0.3 is 9.73 Å². The van der Waals surface area contributed by atoms with E-state index in [4.69, 9.17) is 4.42 Å². The van der Waals surface area contributed by atoms with Crippen LogP contribution in [0.2, 0.25) is 0 Å². The van der Waals surface area contributed by atoms with E-state index >= 15 is 0 Å². The van der Waals surface area contributed by atoms with Gasteiger partial charge in [-0.15, -0.1) is 0 Å². The fourth-order valence-electron chi connectivity index (χ4n) is 2.61. The molecule has 2 N–H and O–H groups in total. The van der Waals surface area contributed by atoms with Crippen LogP contribution in [0.4, 0.5) is 5.69 Å². The molecule has 1 unspecified atom stereocenters. The van der Waals surface area contributed by atoms with Crippen LogP contribution in [-0.4, -0.2) is 17.5 Å². The number of aryl methyl sites for hydroxylation is 1. The molecule has 118 valence electrons. The van der Waals surface area contributed by atoms with Crippen molar-refractivity contribution in [3.8, 4) is 0 Å². The number of nitrogens with zero attached hydrogens (tertiary/aromatic N) is 1. The summed E-state index contributed by atoms with van der Waals surface area (Å²) in [6, 6.07) is 8.87. The molecule has 1 aromatic heterocycles. The van der Waals surface area contributed by atoms with Gasteiger partial charge in [0.25, 0.3) is 5.91 Å². The lowest BCUT2D eigenvalue weighted by Gasteiger charge is -2.20. The van der Waals surface area contributed by atoms with Crippen LogP contribution in [-0.2, 0) is 4.79 Å². The Morgan fingerprint density at radius 2 is 2.22 bits per heavy atom. The Bertz CT molecular complexity index is 778. The smallest absolute Gasteiger partial charge is 0.291 e. The van der Waals surface area contributed by atoms with Gasteiger partial charge in [0, 0.05) is 23.6 Å². The van der Waals surface area contributed by atoms with E-state index in [-0.39, 0.29) is 23.5 Å². The summed E-state index contributed by atoms with van der Waals surface area (Å²) in [6.45, 7) is 3.92. The largest absolute Gasteiger partial charge is 0.459 e. The maximum absolute atomic E-state index is 12.0. The molecule has 0 radical (unpaired) electrons. The number of rotatable bonds is 3. The van der Waals surface area contributed by atoms with Crippen LogP contribution in [0.25, 0.3) is 0 Å². The molecule has 2 aromatic rings. The van der Waals surface area contributed by atoms with E-state index in [0.717, 1.165) is 16.8 Å². The second-order valence-electron chi connectivity index (χ2n) is 5.60. The van der Waals surface area contributed by atoms with Crippen molar-refractivity contribution in [3.63, 3.8) is 0 Å². The zero-order chi connectivity index (χ0) is 16.4. The van der Waals surface area contributed by atoms with Crippen molar-refractivity contribution in [2.75, 3.05) is 5.32 Å². The van der Waals surface area contributed by atoms with Crippen molar-refractivity contribution in [2.45, 2.75) is 20.3 Å². The maximum Gasteiger partial charge on any atom is 0.291 e. The van der Waals surface area contributed by atoms with E-state index in [1.54, 1.807) is 12.1 Å². The number of amides is 2. The predicted octanol–water partition coefficient (Wildman–Crippen LogP) is 2.70. The number of anilines is 1. The third-order valence-corrected chi connectivity index (χ3v) is 3.76. The average Bonchev–Trinajstić information content (AvgIpc) is 3.03. The number of hydrogen-bond acceptors (Lipinski definition) is 4. The molecule has 0 spiro atoms. The zero-order valence-electron chi connectivity index (χ0n) is 12.9. The molecule has 0 aliphatic carbocycles. The van der Waals surface area contributed by atoms with Gasteiger partial charge in [0.15, 0.2) is 5.76 Å². The topological polar surface area (TPSA) is 83.7 Å². The molecule has 1 aliphatic heterocycles. The molecular formula is C17H17N3O3. The van der Waals surface area contributed by atoms with E-state index in [2.05, 4.69) is 15.8 Å². The molecule has 1 atom stereocenters. The van der Waals surface area contributed by atoms with Crippen LogP contribution in [0.5, 0.6) is 0 Å². The quantitative estimate of drug-likeness (QED) is 0.914. The highest BCUT2D eigenvalue weighted by Crippen LogP contribution is 2.22. The van der Waals surface area contributed by atoms with Gasteiger partial charge in [-0.25, -0.2) is 5.43 Å². The van der Waals surface area contributed by atoms with Gasteiger partial charge in [-0.3, -0.25) is 9.59 Å². The number of benzene rings is 1. The van der Waals surface area contributed by atoms with Crippen LogP contribution in [0.1, 0.15) is 35.0 Å². The van der Waals surface area contributed by atoms with Crippen LogP contribution in [0.15, 0.2) is 46.1 Å². The standard InChI is InChI=1S/C17H17N3O3/c1-10-8-12(18-17(22)14-4-3-7-23-14)5-6-13(10)16-11(2)9-15(21)19-20-16/h3-8,11H,9H2,1-2H3,(H,18,22)(H,19,21). The minimum Gasteiger partial charge on any atom is -0.459 e. The minimum absolute atomic E-state index is 0.0611. The second-order valence-corrected chi connectivity index (χ2v) is 5.60. The van der Waals surface area contributed by atoms with E-state index in [9.17, 15) is 9.59 Å². The normalized spacial score (nSPS) is 17.4. The number of furan rings is 1. The summed E-state index contributed by atoms with van der Waals surface area (Å²) in [4.78, 5) is 23.3. The molecule has 0 fully saturated rings. The van der Waals surface area contributed by atoms with Crippen LogP contribution >= 0.6 is 0 Å². The Balaban J connectivity index is 1.81. The highest BCUT2D eigenvalue weighted by Gasteiger charge is 2.22. The molecule has 0 saturated carbocycles. The first kappa shape index (κ1) is 15.0. The van der Waals surface area contributed by atoms with Gasteiger partial charge in [-0.2, -0.15) is 5.10 Å². The molecular weight excluding hydrogens is 294 g/mol. The van der Waals surface area contributed by atoms with Crippen molar-refractivity contribution < 1.29 is 14.0 Å². The van der Waals surface area contributed by atoms with E-state index < -0.39 is 0 Å². The first-order chi connectivity index (χ1) is 11.0. The van der Waals surface area contributed by atoms with Gasteiger partial charge in [-0.05, 0) is 36.8 Å². The summed E-state index contributed by atoms with van der Waals surface area (Å²) in [5.74, 6) is -0.0373. The molecule has 6 nitrogen and oxygen atoms in total. The first-order valence-corrected chi connectivity index (χ1v) is 7.37. The summed E-state index contributed by atoms with van der Waals surface area (Å²) < 4.78 is 5.07.